The molecule has 0 spiro atoms. The fourth-order valence-corrected chi connectivity index (χ4v) is 0.946. The Hall–Kier alpha value is -1.25. The molecule has 0 aliphatic carbocycles. The summed E-state index contributed by atoms with van der Waals surface area (Å²) in [5, 5.41) is 8.21. The zero-order valence-corrected chi connectivity index (χ0v) is 9.04. The van der Waals surface area contributed by atoms with E-state index in [-0.39, 0.29) is 6.61 Å². The van der Waals surface area contributed by atoms with Crippen LogP contribution < -0.4 is 0 Å². The highest BCUT2D eigenvalue weighted by molar-refractivity contribution is 5.56. The maximum absolute atomic E-state index is 10.0. The average Bonchev–Trinajstić information content (AvgIpc) is 2.02. The first-order chi connectivity index (χ1) is 6.52. The number of hydrogen-bond donors (Lipinski definition) is 1. The van der Waals surface area contributed by atoms with Crippen molar-refractivity contribution >= 4 is 6.16 Å². The predicted octanol–water partition coefficient (Wildman–Crippen LogP) is 3.37. The van der Waals surface area contributed by atoms with E-state index in [4.69, 9.17) is 5.11 Å². The lowest BCUT2D eigenvalue weighted by Gasteiger charge is -1.99. The molecule has 0 saturated heterocycles. The Bertz CT molecular complexity index is 235. The van der Waals surface area contributed by atoms with Gasteiger partial charge in [0, 0.05) is 0 Å². The minimum atomic E-state index is -1.22. The van der Waals surface area contributed by atoms with Gasteiger partial charge in [-0.3, -0.25) is 0 Å². The Labute approximate surface area is 85.1 Å². The summed E-state index contributed by atoms with van der Waals surface area (Å²) in [5.41, 5.74) is 2.46. The van der Waals surface area contributed by atoms with Gasteiger partial charge in [0.05, 0.1) is 0 Å². The molecule has 1 N–H and O–H groups in total. The molecule has 3 heteroatoms. The third kappa shape index (κ3) is 8.84. The van der Waals surface area contributed by atoms with E-state index in [0.717, 1.165) is 18.4 Å². The van der Waals surface area contributed by atoms with Crippen LogP contribution in [0.1, 0.15) is 33.6 Å². The smallest absolute Gasteiger partial charge is 0.450 e. The maximum atomic E-state index is 10.0. The molecule has 0 bridgehead atoms. The summed E-state index contributed by atoms with van der Waals surface area (Å²) in [4.78, 5) is 10.0. The quantitative estimate of drug-likeness (QED) is 0.544. The first kappa shape index (κ1) is 12.8. The normalized spacial score (nSPS) is 10.9. The standard InChI is InChI=1S/C11H18O3/c1-9(2)5-4-6-10(3)7-8-14-11(12)13/h5,7H,4,6,8H2,1-3H3,(H,12,13)/b10-7-. The van der Waals surface area contributed by atoms with Crippen molar-refractivity contribution in [2.45, 2.75) is 33.6 Å². The third-order valence-corrected chi connectivity index (χ3v) is 1.73. The van der Waals surface area contributed by atoms with Crippen molar-refractivity contribution in [2.24, 2.45) is 0 Å². The Kier molecular flexibility index (Phi) is 6.54. The molecule has 0 aliphatic rings. The molecule has 0 aromatic heterocycles. The number of hydrogen-bond acceptors (Lipinski definition) is 2. The predicted molar refractivity (Wildman–Crippen MR) is 56.4 cm³/mol. The van der Waals surface area contributed by atoms with Crippen molar-refractivity contribution < 1.29 is 14.6 Å². The Morgan fingerprint density at radius 1 is 1.29 bits per heavy atom. The molecule has 0 radical (unpaired) electrons. The molecule has 80 valence electrons. The van der Waals surface area contributed by atoms with E-state index in [0.29, 0.717) is 0 Å². The van der Waals surface area contributed by atoms with Crippen LogP contribution >= 0.6 is 0 Å². The van der Waals surface area contributed by atoms with Crippen LogP contribution in [0.2, 0.25) is 0 Å². The second kappa shape index (κ2) is 7.18. The first-order valence-electron chi connectivity index (χ1n) is 4.67. The number of ether oxygens (including phenoxy) is 1. The lowest BCUT2D eigenvalue weighted by molar-refractivity contribution is 0.102. The highest BCUT2D eigenvalue weighted by atomic mass is 16.7. The van der Waals surface area contributed by atoms with Gasteiger partial charge in [-0.05, 0) is 39.7 Å². The molecule has 0 aliphatic heterocycles. The molecule has 3 nitrogen and oxygen atoms in total. The van der Waals surface area contributed by atoms with Gasteiger partial charge in [-0.25, -0.2) is 4.79 Å². The van der Waals surface area contributed by atoms with Crippen LogP contribution in [0, 0.1) is 0 Å². The molecule has 0 rings (SSSR count). The summed E-state index contributed by atoms with van der Waals surface area (Å²) in [6.45, 7) is 6.25. The Balaban J connectivity index is 3.67. The van der Waals surface area contributed by atoms with Crippen LogP contribution in [0.15, 0.2) is 23.3 Å². The fraction of sp³-hybridized carbons (Fsp3) is 0.545. The van der Waals surface area contributed by atoms with Gasteiger partial charge < -0.3 is 9.84 Å². The summed E-state index contributed by atoms with van der Waals surface area (Å²) in [6, 6.07) is 0. The summed E-state index contributed by atoms with van der Waals surface area (Å²) in [7, 11) is 0. The highest BCUT2D eigenvalue weighted by Crippen LogP contribution is 2.06. The maximum Gasteiger partial charge on any atom is 0.506 e. The van der Waals surface area contributed by atoms with Crippen molar-refractivity contribution in [3.8, 4) is 0 Å². The molecule has 0 fully saturated rings. The van der Waals surface area contributed by atoms with Crippen LogP contribution in [0.4, 0.5) is 4.79 Å². The van der Waals surface area contributed by atoms with Gasteiger partial charge in [-0.2, -0.15) is 0 Å². The molecular weight excluding hydrogens is 180 g/mol. The van der Waals surface area contributed by atoms with Crippen molar-refractivity contribution in [2.75, 3.05) is 6.61 Å². The first-order valence-corrected chi connectivity index (χ1v) is 4.67. The van der Waals surface area contributed by atoms with E-state index < -0.39 is 6.16 Å². The summed E-state index contributed by atoms with van der Waals surface area (Å²) in [6.07, 6.45) is 4.69. The SMILES string of the molecule is CC(C)=CCC/C(C)=C\COC(=O)O. The van der Waals surface area contributed by atoms with Crippen molar-refractivity contribution in [1.82, 2.24) is 0 Å². The Morgan fingerprint density at radius 2 is 1.93 bits per heavy atom. The van der Waals surface area contributed by atoms with E-state index in [1.165, 1.54) is 5.57 Å². The minimum Gasteiger partial charge on any atom is -0.450 e. The topological polar surface area (TPSA) is 46.5 Å². The van der Waals surface area contributed by atoms with Gasteiger partial charge in [-0.1, -0.05) is 17.2 Å². The van der Waals surface area contributed by atoms with Gasteiger partial charge >= 0.3 is 6.16 Å². The summed E-state index contributed by atoms with van der Waals surface area (Å²) >= 11 is 0. The summed E-state index contributed by atoms with van der Waals surface area (Å²) < 4.78 is 4.36. The van der Waals surface area contributed by atoms with Gasteiger partial charge in [0.1, 0.15) is 6.61 Å². The van der Waals surface area contributed by atoms with Crippen molar-refractivity contribution in [3.63, 3.8) is 0 Å². The van der Waals surface area contributed by atoms with Crippen LogP contribution in [-0.2, 0) is 4.74 Å². The lowest BCUT2D eigenvalue weighted by Crippen LogP contribution is -1.99. The van der Waals surface area contributed by atoms with Crippen LogP contribution in [0.3, 0.4) is 0 Å². The van der Waals surface area contributed by atoms with Gasteiger partial charge in [0.15, 0.2) is 0 Å². The number of carbonyl (C=O) groups is 1. The molecule has 0 aromatic carbocycles. The fourth-order valence-electron chi connectivity index (χ4n) is 0.946. The van der Waals surface area contributed by atoms with Crippen LogP contribution in [0.25, 0.3) is 0 Å². The molecule has 0 aromatic rings. The number of allylic oxidation sites excluding steroid dienone is 3. The zero-order chi connectivity index (χ0) is 11.0. The van der Waals surface area contributed by atoms with E-state index in [1.807, 2.05) is 6.92 Å². The lowest BCUT2D eigenvalue weighted by atomic mass is 10.1. The molecule has 14 heavy (non-hydrogen) atoms. The van der Waals surface area contributed by atoms with Crippen molar-refractivity contribution in [3.05, 3.63) is 23.3 Å². The van der Waals surface area contributed by atoms with Gasteiger partial charge in [-0.15, -0.1) is 0 Å². The second-order valence-corrected chi connectivity index (χ2v) is 3.45. The monoisotopic (exact) mass is 198 g/mol. The number of carboxylic acid groups (broad SMARTS) is 1. The zero-order valence-electron chi connectivity index (χ0n) is 9.04. The average molecular weight is 198 g/mol. The van der Waals surface area contributed by atoms with Crippen molar-refractivity contribution in [1.29, 1.82) is 0 Å². The molecule has 0 heterocycles. The van der Waals surface area contributed by atoms with Gasteiger partial charge in [0.2, 0.25) is 0 Å². The molecule has 0 saturated carbocycles. The Morgan fingerprint density at radius 3 is 2.43 bits per heavy atom. The molecule has 0 amide bonds. The molecule has 0 unspecified atom stereocenters. The van der Waals surface area contributed by atoms with Gasteiger partial charge in [0.25, 0.3) is 0 Å². The highest BCUT2D eigenvalue weighted by Gasteiger charge is 1.93. The van der Waals surface area contributed by atoms with Crippen LogP contribution in [-0.4, -0.2) is 17.9 Å². The largest absolute Gasteiger partial charge is 0.506 e. The van der Waals surface area contributed by atoms with E-state index in [9.17, 15) is 4.79 Å². The van der Waals surface area contributed by atoms with E-state index >= 15 is 0 Å². The van der Waals surface area contributed by atoms with E-state index in [2.05, 4.69) is 24.7 Å². The number of rotatable bonds is 5. The molecule has 0 atom stereocenters. The van der Waals surface area contributed by atoms with E-state index in [1.54, 1.807) is 6.08 Å². The molecular formula is C11H18O3. The third-order valence-electron chi connectivity index (χ3n) is 1.73. The van der Waals surface area contributed by atoms with Crippen LogP contribution in [0.5, 0.6) is 0 Å². The summed E-state index contributed by atoms with van der Waals surface area (Å²) in [5.74, 6) is 0. The minimum absolute atomic E-state index is 0.149. The second-order valence-electron chi connectivity index (χ2n) is 3.45.